The van der Waals surface area contributed by atoms with Gasteiger partial charge in [-0.25, -0.2) is 0 Å². The predicted octanol–water partition coefficient (Wildman–Crippen LogP) is 7.92. The van der Waals surface area contributed by atoms with E-state index in [1.807, 2.05) is 0 Å². The van der Waals surface area contributed by atoms with Crippen molar-refractivity contribution in [3.8, 4) is 0 Å². The van der Waals surface area contributed by atoms with Crippen molar-refractivity contribution in [3.05, 3.63) is 0 Å². The van der Waals surface area contributed by atoms with Crippen molar-refractivity contribution in [1.82, 2.24) is 0 Å². The summed E-state index contributed by atoms with van der Waals surface area (Å²) in [6.07, 6.45) is 18.9. The predicted molar refractivity (Wildman–Crippen MR) is 105 cm³/mol. The lowest BCUT2D eigenvalue weighted by Crippen LogP contribution is -2.41. The lowest BCUT2D eigenvalue weighted by molar-refractivity contribution is -0.100. The van der Waals surface area contributed by atoms with Gasteiger partial charge in [-0.05, 0) is 38.5 Å². The van der Waals surface area contributed by atoms with Crippen LogP contribution in [0.5, 0.6) is 0 Å². The third-order valence-electron chi connectivity index (χ3n) is 5.33. The van der Waals surface area contributed by atoms with Crippen LogP contribution in [-0.2, 0) is 4.74 Å². The zero-order valence-electron chi connectivity index (χ0n) is 17.1. The highest BCUT2D eigenvalue weighted by molar-refractivity contribution is 4.88. The van der Waals surface area contributed by atoms with Gasteiger partial charge in [-0.1, -0.05) is 91.9 Å². The van der Waals surface area contributed by atoms with E-state index in [0.29, 0.717) is 0 Å². The van der Waals surface area contributed by atoms with E-state index in [2.05, 4.69) is 34.6 Å². The minimum Gasteiger partial charge on any atom is -0.375 e. The van der Waals surface area contributed by atoms with Gasteiger partial charge in [-0.15, -0.1) is 0 Å². The molecule has 1 unspecified atom stereocenters. The zero-order chi connectivity index (χ0) is 17.4. The molecule has 0 saturated carbocycles. The molecule has 0 heterocycles. The summed E-state index contributed by atoms with van der Waals surface area (Å²) in [5.74, 6) is 0.772. The van der Waals surface area contributed by atoms with Gasteiger partial charge in [0.2, 0.25) is 0 Å². The first-order valence-corrected chi connectivity index (χ1v) is 10.8. The Morgan fingerprint density at radius 1 is 0.609 bits per heavy atom. The lowest BCUT2D eigenvalue weighted by atomic mass is 9.74. The third kappa shape index (κ3) is 9.75. The van der Waals surface area contributed by atoms with Crippen LogP contribution in [0.3, 0.4) is 0 Å². The maximum Gasteiger partial charge on any atom is 0.0710 e. The van der Waals surface area contributed by atoms with Crippen molar-refractivity contribution in [1.29, 1.82) is 0 Å². The normalized spacial score (nSPS) is 13.4. The number of unbranched alkanes of at least 4 members (excludes halogenated alkanes) is 6. The standard InChI is InChI=1S/C22H46O/c1-6-11-13-14-15-16-18-21(17-12-7-2)22(19-8-3,20-9-4)23-10-5/h21H,6-20H2,1-5H3. The summed E-state index contributed by atoms with van der Waals surface area (Å²) in [5, 5.41) is 0. The Morgan fingerprint density at radius 2 is 1.13 bits per heavy atom. The van der Waals surface area contributed by atoms with Crippen LogP contribution in [0.1, 0.15) is 125 Å². The van der Waals surface area contributed by atoms with E-state index in [1.165, 1.54) is 89.9 Å². The minimum atomic E-state index is 0.164. The summed E-state index contributed by atoms with van der Waals surface area (Å²) in [6.45, 7) is 12.3. The zero-order valence-corrected chi connectivity index (χ0v) is 17.1. The SMILES string of the molecule is CCCCCCCCC(CCCC)C(CCC)(CCC)OCC. The molecule has 0 aromatic rings. The first kappa shape index (κ1) is 23.0. The van der Waals surface area contributed by atoms with Crippen molar-refractivity contribution in [2.45, 2.75) is 130 Å². The van der Waals surface area contributed by atoms with Crippen molar-refractivity contribution in [3.63, 3.8) is 0 Å². The van der Waals surface area contributed by atoms with Crippen molar-refractivity contribution in [2.75, 3.05) is 6.61 Å². The Kier molecular flexibility index (Phi) is 15.5. The number of ether oxygens (including phenoxy) is 1. The van der Waals surface area contributed by atoms with Gasteiger partial charge in [-0.2, -0.15) is 0 Å². The third-order valence-corrected chi connectivity index (χ3v) is 5.33. The molecule has 0 fully saturated rings. The molecule has 1 atom stereocenters. The van der Waals surface area contributed by atoms with Crippen LogP contribution in [0.25, 0.3) is 0 Å². The second kappa shape index (κ2) is 15.5. The molecule has 1 nitrogen and oxygen atoms in total. The first-order chi connectivity index (χ1) is 11.2. The van der Waals surface area contributed by atoms with Gasteiger partial charge in [0.1, 0.15) is 0 Å². The molecule has 0 spiro atoms. The monoisotopic (exact) mass is 326 g/mol. The first-order valence-electron chi connectivity index (χ1n) is 10.8. The Hall–Kier alpha value is -0.0400. The molecule has 23 heavy (non-hydrogen) atoms. The van der Waals surface area contributed by atoms with E-state index < -0.39 is 0 Å². The van der Waals surface area contributed by atoms with E-state index in [0.717, 1.165) is 12.5 Å². The summed E-state index contributed by atoms with van der Waals surface area (Å²) in [6, 6.07) is 0. The highest BCUT2D eigenvalue weighted by Crippen LogP contribution is 2.39. The van der Waals surface area contributed by atoms with Gasteiger partial charge in [0.25, 0.3) is 0 Å². The highest BCUT2D eigenvalue weighted by Gasteiger charge is 2.37. The topological polar surface area (TPSA) is 9.23 Å². The average Bonchev–Trinajstić information content (AvgIpc) is 2.54. The number of hydrogen-bond donors (Lipinski definition) is 0. The molecule has 0 rings (SSSR count). The molecular weight excluding hydrogens is 280 g/mol. The second-order valence-electron chi connectivity index (χ2n) is 7.39. The molecule has 0 bridgehead atoms. The average molecular weight is 327 g/mol. The smallest absolute Gasteiger partial charge is 0.0710 e. The summed E-state index contributed by atoms with van der Waals surface area (Å²) < 4.78 is 6.47. The highest BCUT2D eigenvalue weighted by atomic mass is 16.5. The van der Waals surface area contributed by atoms with E-state index in [1.54, 1.807) is 0 Å². The van der Waals surface area contributed by atoms with Gasteiger partial charge in [0, 0.05) is 6.61 Å². The number of rotatable bonds is 17. The van der Waals surface area contributed by atoms with Gasteiger partial charge in [0.15, 0.2) is 0 Å². The second-order valence-corrected chi connectivity index (χ2v) is 7.39. The van der Waals surface area contributed by atoms with Crippen LogP contribution in [-0.4, -0.2) is 12.2 Å². The van der Waals surface area contributed by atoms with Crippen molar-refractivity contribution < 1.29 is 4.74 Å². The van der Waals surface area contributed by atoms with Crippen molar-refractivity contribution >= 4 is 0 Å². The lowest BCUT2D eigenvalue weighted by Gasteiger charge is -2.41. The molecule has 1 heteroatoms. The van der Waals surface area contributed by atoms with E-state index in [9.17, 15) is 0 Å². The number of hydrogen-bond acceptors (Lipinski definition) is 1. The molecule has 0 aliphatic heterocycles. The quantitative estimate of drug-likeness (QED) is 0.247. The van der Waals surface area contributed by atoms with Gasteiger partial charge in [0.05, 0.1) is 5.60 Å². The maximum atomic E-state index is 6.47. The van der Waals surface area contributed by atoms with Crippen LogP contribution >= 0.6 is 0 Å². The van der Waals surface area contributed by atoms with E-state index in [4.69, 9.17) is 4.74 Å². The Bertz CT molecular complexity index is 219. The fraction of sp³-hybridized carbons (Fsp3) is 1.00. The van der Waals surface area contributed by atoms with Gasteiger partial charge in [-0.3, -0.25) is 0 Å². The van der Waals surface area contributed by atoms with Gasteiger partial charge < -0.3 is 4.74 Å². The fourth-order valence-electron chi connectivity index (χ4n) is 4.22. The molecule has 0 aliphatic rings. The molecule has 0 amide bonds. The van der Waals surface area contributed by atoms with Crippen LogP contribution in [0, 0.1) is 5.92 Å². The summed E-state index contributed by atoms with van der Waals surface area (Å²) in [4.78, 5) is 0. The van der Waals surface area contributed by atoms with E-state index in [-0.39, 0.29) is 5.60 Å². The molecule has 0 radical (unpaired) electrons. The van der Waals surface area contributed by atoms with Crippen LogP contribution in [0.2, 0.25) is 0 Å². The summed E-state index contributed by atoms with van der Waals surface area (Å²) in [5.41, 5.74) is 0.164. The molecular formula is C22H46O. The molecule has 0 aromatic carbocycles. The molecule has 0 saturated heterocycles. The maximum absolute atomic E-state index is 6.47. The Labute approximate surface area is 148 Å². The minimum absolute atomic E-state index is 0.164. The molecule has 140 valence electrons. The molecule has 0 N–H and O–H groups in total. The van der Waals surface area contributed by atoms with Crippen molar-refractivity contribution in [2.24, 2.45) is 5.92 Å². The molecule has 0 aliphatic carbocycles. The Morgan fingerprint density at radius 3 is 1.65 bits per heavy atom. The molecule has 0 aromatic heterocycles. The van der Waals surface area contributed by atoms with Crippen LogP contribution < -0.4 is 0 Å². The van der Waals surface area contributed by atoms with Crippen LogP contribution in [0.15, 0.2) is 0 Å². The fourth-order valence-corrected chi connectivity index (χ4v) is 4.22. The largest absolute Gasteiger partial charge is 0.375 e. The van der Waals surface area contributed by atoms with E-state index >= 15 is 0 Å². The van der Waals surface area contributed by atoms with Gasteiger partial charge >= 0.3 is 0 Å². The Balaban J connectivity index is 4.68. The summed E-state index contributed by atoms with van der Waals surface area (Å²) in [7, 11) is 0. The van der Waals surface area contributed by atoms with Crippen LogP contribution in [0.4, 0.5) is 0 Å². The summed E-state index contributed by atoms with van der Waals surface area (Å²) >= 11 is 0.